The third kappa shape index (κ3) is 2.38. The normalized spacial score (nSPS) is 12.4. The number of hydrogen-bond acceptors (Lipinski definition) is 1. The number of nitrogens with two attached hydrogens (primary N) is 1. The molecule has 0 amide bonds. The molecule has 0 unspecified atom stereocenters. The highest BCUT2D eigenvalue weighted by molar-refractivity contribution is 6.30. The molecule has 0 aliphatic heterocycles. The summed E-state index contributed by atoms with van der Waals surface area (Å²) in [5.41, 5.74) is 8.31. The van der Waals surface area contributed by atoms with Crippen molar-refractivity contribution in [3.63, 3.8) is 0 Å². The Balaban J connectivity index is 2.29. The highest BCUT2D eigenvalue weighted by atomic mass is 35.5. The molecule has 2 aromatic rings. The van der Waals surface area contributed by atoms with Gasteiger partial charge in [0.2, 0.25) is 0 Å². The van der Waals surface area contributed by atoms with E-state index < -0.39 is 0 Å². The Kier molecular flexibility index (Phi) is 3.05. The largest absolute Gasteiger partial charge is 0.320 e. The van der Waals surface area contributed by atoms with Gasteiger partial charge < -0.3 is 5.73 Å². The Morgan fingerprint density at radius 3 is 1.93 bits per heavy atom. The Morgan fingerprint density at radius 2 is 1.33 bits per heavy atom. The molecule has 0 aliphatic rings. The molecule has 0 fully saturated rings. The van der Waals surface area contributed by atoms with Crippen LogP contribution in [0, 0.1) is 0 Å². The summed E-state index contributed by atoms with van der Waals surface area (Å²) in [6.07, 6.45) is 0. The first-order chi connectivity index (χ1) is 7.27. The van der Waals surface area contributed by atoms with Crippen molar-refractivity contribution in [2.75, 3.05) is 0 Å². The third-order valence-corrected chi connectivity index (χ3v) is 2.64. The minimum atomic E-state index is -0.0801. The van der Waals surface area contributed by atoms with E-state index in [0.717, 1.165) is 16.1 Å². The summed E-state index contributed by atoms with van der Waals surface area (Å²) in [5, 5.41) is 0.735. The number of halogens is 1. The second-order valence-electron chi connectivity index (χ2n) is 3.44. The lowest BCUT2D eigenvalue weighted by Crippen LogP contribution is -2.11. The maximum Gasteiger partial charge on any atom is 0.0551 e. The van der Waals surface area contributed by atoms with E-state index in [1.165, 1.54) is 0 Å². The monoisotopic (exact) mass is 217 g/mol. The number of hydrogen-bond donors (Lipinski definition) is 1. The molecule has 15 heavy (non-hydrogen) atoms. The molecule has 1 atom stereocenters. The van der Waals surface area contributed by atoms with Gasteiger partial charge in [0.15, 0.2) is 0 Å². The Morgan fingerprint density at radius 1 is 0.800 bits per heavy atom. The molecule has 0 bridgehead atoms. The lowest BCUT2D eigenvalue weighted by Gasteiger charge is -2.12. The topological polar surface area (TPSA) is 26.0 Å². The summed E-state index contributed by atoms with van der Waals surface area (Å²) < 4.78 is 0. The molecule has 0 saturated carbocycles. The SMILES string of the molecule is N[C@H](c1ccccc1)c1ccc(Cl)cc1. The van der Waals surface area contributed by atoms with E-state index in [1.807, 2.05) is 54.6 Å². The molecule has 2 N–H and O–H groups in total. The predicted molar refractivity (Wildman–Crippen MR) is 63.9 cm³/mol. The maximum atomic E-state index is 6.12. The molecule has 0 saturated heterocycles. The van der Waals surface area contributed by atoms with Gasteiger partial charge >= 0.3 is 0 Å². The van der Waals surface area contributed by atoms with Crippen molar-refractivity contribution in [3.8, 4) is 0 Å². The second-order valence-corrected chi connectivity index (χ2v) is 3.88. The zero-order chi connectivity index (χ0) is 10.7. The van der Waals surface area contributed by atoms with Gasteiger partial charge in [0.1, 0.15) is 0 Å². The van der Waals surface area contributed by atoms with Crippen molar-refractivity contribution in [3.05, 3.63) is 70.7 Å². The van der Waals surface area contributed by atoms with Crippen LogP contribution in [0.3, 0.4) is 0 Å². The molecule has 2 aromatic carbocycles. The zero-order valence-electron chi connectivity index (χ0n) is 8.23. The van der Waals surface area contributed by atoms with E-state index in [1.54, 1.807) is 0 Å². The average molecular weight is 218 g/mol. The fourth-order valence-corrected chi connectivity index (χ4v) is 1.65. The van der Waals surface area contributed by atoms with Crippen LogP contribution >= 0.6 is 11.6 Å². The summed E-state index contributed by atoms with van der Waals surface area (Å²) in [4.78, 5) is 0. The van der Waals surface area contributed by atoms with Crippen LogP contribution in [0.15, 0.2) is 54.6 Å². The minimum Gasteiger partial charge on any atom is -0.320 e. The highest BCUT2D eigenvalue weighted by Gasteiger charge is 2.07. The standard InChI is InChI=1S/C13H12ClN/c14-12-8-6-11(7-9-12)13(15)10-4-2-1-3-5-10/h1-9,13H,15H2/t13-/m1/s1. The summed E-state index contributed by atoms with van der Waals surface area (Å²) in [6, 6.07) is 17.6. The molecule has 2 rings (SSSR count). The molecule has 0 aromatic heterocycles. The van der Waals surface area contributed by atoms with E-state index in [-0.39, 0.29) is 6.04 Å². The van der Waals surface area contributed by atoms with Crippen molar-refractivity contribution >= 4 is 11.6 Å². The lowest BCUT2D eigenvalue weighted by molar-refractivity contribution is 0.871. The molecular formula is C13H12ClN. The first-order valence-electron chi connectivity index (χ1n) is 4.83. The van der Waals surface area contributed by atoms with Crippen LogP contribution in [0.2, 0.25) is 5.02 Å². The van der Waals surface area contributed by atoms with Gasteiger partial charge in [-0.2, -0.15) is 0 Å². The number of rotatable bonds is 2. The molecule has 0 spiro atoms. The van der Waals surface area contributed by atoms with Gasteiger partial charge in [-0.05, 0) is 23.3 Å². The molecule has 0 heterocycles. The maximum absolute atomic E-state index is 6.12. The van der Waals surface area contributed by atoms with E-state index in [4.69, 9.17) is 17.3 Å². The lowest BCUT2D eigenvalue weighted by atomic mass is 10.00. The van der Waals surface area contributed by atoms with Crippen LogP contribution in [0.4, 0.5) is 0 Å². The zero-order valence-corrected chi connectivity index (χ0v) is 8.98. The molecule has 1 nitrogen and oxygen atoms in total. The van der Waals surface area contributed by atoms with Gasteiger partial charge in [-0.15, -0.1) is 0 Å². The van der Waals surface area contributed by atoms with Crippen molar-refractivity contribution in [1.29, 1.82) is 0 Å². The van der Waals surface area contributed by atoms with Gasteiger partial charge in [0.05, 0.1) is 6.04 Å². The first kappa shape index (κ1) is 10.2. The van der Waals surface area contributed by atoms with Gasteiger partial charge in [-0.1, -0.05) is 54.1 Å². The summed E-state index contributed by atoms with van der Waals surface area (Å²) in [7, 11) is 0. The fourth-order valence-electron chi connectivity index (χ4n) is 1.52. The molecule has 0 radical (unpaired) electrons. The Hall–Kier alpha value is -1.31. The van der Waals surface area contributed by atoms with Gasteiger partial charge in [0.25, 0.3) is 0 Å². The van der Waals surface area contributed by atoms with Crippen molar-refractivity contribution in [2.45, 2.75) is 6.04 Å². The summed E-state index contributed by atoms with van der Waals surface area (Å²) in [5.74, 6) is 0. The average Bonchev–Trinajstić information content (AvgIpc) is 2.30. The summed E-state index contributed by atoms with van der Waals surface area (Å²) in [6.45, 7) is 0. The predicted octanol–water partition coefficient (Wildman–Crippen LogP) is 3.39. The van der Waals surface area contributed by atoms with Crippen LogP contribution < -0.4 is 5.73 Å². The molecule has 2 heteroatoms. The Bertz CT molecular complexity index is 422. The van der Waals surface area contributed by atoms with Crippen LogP contribution in [-0.4, -0.2) is 0 Å². The fraction of sp³-hybridized carbons (Fsp3) is 0.0769. The smallest absolute Gasteiger partial charge is 0.0551 e. The van der Waals surface area contributed by atoms with E-state index in [9.17, 15) is 0 Å². The van der Waals surface area contributed by atoms with E-state index in [2.05, 4.69) is 0 Å². The molecule has 76 valence electrons. The molecular weight excluding hydrogens is 206 g/mol. The Labute approximate surface area is 94.5 Å². The third-order valence-electron chi connectivity index (χ3n) is 2.39. The first-order valence-corrected chi connectivity index (χ1v) is 5.21. The summed E-state index contributed by atoms with van der Waals surface area (Å²) >= 11 is 5.82. The number of benzene rings is 2. The van der Waals surface area contributed by atoms with Crippen LogP contribution in [0.1, 0.15) is 17.2 Å². The van der Waals surface area contributed by atoms with Crippen LogP contribution in [0.5, 0.6) is 0 Å². The molecule has 0 aliphatic carbocycles. The van der Waals surface area contributed by atoms with Crippen molar-refractivity contribution in [2.24, 2.45) is 5.73 Å². The quantitative estimate of drug-likeness (QED) is 0.820. The van der Waals surface area contributed by atoms with Gasteiger partial charge in [-0.25, -0.2) is 0 Å². The van der Waals surface area contributed by atoms with Crippen molar-refractivity contribution < 1.29 is 0 Å². The minimum absolute atomic E-state index is 0.0801. The van der Waals surface area contributed by atoms with Crippen LogP contribution in [-0.2, 0) is 0 Å². The van der Waals surface area contributed by atoms with Gasteiger partial charge in [0, 0.05) is 5.02 Å². The van der Waals surface area contributed by atoms with Crippen molar-refractivity contribution in [1.82, 2.24) is 0 Å². The van der Waals surface area contributed by atoms with E-state index >= 15 is 0 Å². The van der Waals surface area contributed by atoms with E-state index in [0.29, 0.717) is 0 Å². The van der Waals surface area contributed by atoms with Crippen LogP contribution in [0.25, 0.3) is 0 Å². The highest BCUT2D eigenvalue weighted by Crippen LogP contribution is 2.20. The van der Waals surface area contributed by atoms with Gasteiger partial charge in [-0.3, -0.25) is 0 Å². The second kappa shape index (κ2) is 4.47.